The smallest absolute Gasteiger partial charge is 0.238 e. The van der Waals surface area contributed by atoms with Crippen molar-refractivity contribution in [3.05, 3.63) is 36.7 Å². The Kier molecular flexibility index (Phi) is 4.83. The van der Waals surface area contributed by atoms with E-state index in [-0.39, 0.29) is 23.7 Å². The van der Waals surface area contributed by atoms with Crippen LogP contribution in [0.15, 0.2) is 35.7 Å². The van der Waals surface area contributed by atoms with Crippen LogP contribution in [0.5, 0.6) is 0 Å². The molecule has 5 nitrogen and oxygen atoms in total. The van der Waals surface area contributed by atoms with Gasteiger partial charge in [-0.15, -0.1) is 6.58 Å². The highest BCUT2D eigenvalue weighted by molar-refractivity contribution is 7.89. The predicted octanol–water partition coefficient (Wildman–Crippen LogP) is 0.458. The Morgan fingerprint density at radius 1 is 1.50 bits per heavy atom. The third-order valence-electron chi connectivity index (χ3n) is 2.31. The summed E-state index contributed by atoms with van der Waals surface area (Å²) in [5.74, 6) is -0.711. The first-order chi connectivity index (χ1) is 8.40. The SMILES string of the molecule is C=CCN(CCO)c1ccc(S(N)(=O)=O)cc1F. The summed E-state index contributed by atoms with van der Waals surface area (Å²) in [7, 11) is -3.92. The molecule has 0 aliphatic heterocycles. The van der Waals surface area contributed by atoms with E-state index in [1.807, 2.05) is 0 Å². The number of hydrogen-bond donors (Lipinski definition) is 2. The van der Waals surface area contributed by atoms with Gasteiger partial charge in [0.05, 0.1) is 17.2 Å². The Morgan fingerprint density at radius 3 is 2.61 bits per heavy atom. The lowest BCUT2D eigenvalue weighted by Crippen LogP contribution is -2.27. The van der Waals surface area contributed by atoms with Crippen molar-refractivity contribution in [1.29, 1.82) is 0 Å². The van der Waals surface area contributed by atoms with E-state index in [2.05, 4.69) is 6.58 Å². The normalized spacial score (nSPS) is 11.3. The van der Waals surface area contributed by atoms with Crippen LogP contribution in [-0.2, 0) is 10.0 Å². The number of anilines is 1. The van der Waals surface area contributed by atoms with E-state index in [1.165, 1.54) is 17.0 Å². The molecular formula is C11H15FN2O3S. The summed E-state index contributed by atoms with van der Waals surface area (Å²) in [4.78, 5) is 1.25. The van der Waals surface area contributed by atoms with Crippen LogP contribution in [0.4, 0.5) is 10.1 Å². The lowest BCUT2D eigenvalue weighted by atomic mass is 10.2. The number of hydrogen-bond acceptors (Lipinski definition) is 4. The van der Waals surface area contributed by atoms with Gasteiger partial charge in [-0.1, -0.05) is 6.08 Å². The van der Waals surface area contributed by atoms with E-state index in [0.29, 0.717) is 6.54 Å². The molecule has 0 heterocycles. The van der Waals surface area contributed by atoms with Crippen LogP contribution in [0.1, 0.15) is 0 Å². The second kappa shape index (κ2) is 5.94. The van der Waals surface area contributed by atoms with Gasteiger partial charge in [-0.2, -0.15) is 0 Å². The molecule has 0 aliphatic carbocycles. The summed E-state index contributed by atoms with van der Waals surface area (Å²) >= 11 is 0. The molecule has 1 aromatic carbocycles. The molecule has 0 saturated carbocycles. The molecule has 0 radical (unpaired) electrons. The highest BCUT2D eigenvalue weighted by Gasteiger charge is 2.14. The Labute approximate surface area is 105 Å². The zero-order chi connectivity index (χ0) is 13.8. The number of rotatable bonds is 6. The average Bonchev–Trinajstić information content (AvgIpc) is 2.27. The van der Waals surface area contributed by atoms with Crippen LogP contribution in [0, 0.1) is 5.82 Å². The number of nitrogens with zero attached hydrogens (tertiary/aromatic N) is 1. The van der Waals surface area contributed by atoms with Crippen molar-refractivity contribution in [3.63, 3.8) is 0 Å². The number of primary sulfonamides is 1. The molecule has 0 fully saturated rings. The number of nitrogens with two attached hydrogens (primary N) is 1. The van der Waals surface area contributed by atoms with Gasteiger partial charge in [0.2, 0.25) is 10.0 Å². The molecule has 100 valence electrons. The molecule has 3 N–H and O–H groups in total. The van der Waals surface area contributed by atoms with Gasteiger partial charge in [0.1, 0.15) is 5.82 Å². The largest absolute Gasteiger partial charge is 0.395 e. The minimum absolute atomic E-state index is 0.149. The van der Waals surface area contributed by atoms with Crippen LogP contribution in [-0.4, -0.2) is 33.2 Å². The number of sulfonamides is 1. The van der Waals surface area contributed by atoms with Crippen LogP contribution in [0.25, 0.3) is 0 Å². The molecule has 7 heteroatoms. The summed E-state index contributed by atoms with van der Waals surface area (Å²) in [5.41, 5.74) is 0.191. The molecule has 0 aliphatic rings. The second-order valence-electron chi connectivity index (χ2n) is 3.62. The van der Waals surface area contributed by atoms with Crippen molar-refractivity contribution < 1.29 is 17.9 Å². The Hall–Kier alpha value is -1.44. The lowest BCUT2D eigenvalue weighted by molar-refractivity contribution is 0.302. The minimum atomic E-state index is -3.92. The average molecular weight is 274 g/mol. The maximum atomic E-state index is 13.8. The van der Waals surface area contributed by atoms with Crippen LogP contribution < -0.4 is 10.0 Å². The standard InChI is InChI=1S/C11H15FN2O3S/c1-2-5-14(6-7-15)11-4-3-9(8-10(11)12)18(13,16)17/h2-4,8,15H,1,5-7H2,(H2,13,16,17). The first kappa shape index (κ1) is 14.6. The Morgan fingerprint density at radius 2 is 2.17 bits per heavy atom. The monoisotopic (exact) mass is 274 g/mol. The lowest BCUT2D eigenvalue weighted by Gasteiger charge is -2.22. The van der Waals surface area contributed by atoms with Crippen LogP contribution >= 0.6 is 0 Å². The Bertz CT molecular complexity index is 531. The fourth-order valence-electron chi connectivity index (χ4n) is 1.51. The van der Waals surface area contributed by atoms with Crippen molar-refractivity contribution in [2.45, 2.75) is 4.90 Å². The summed E-state index contributed by atoms with van der Waals surface area (Å²) in [6, 6.07) is 3.40. The molecule has 1 aromatic rings. The van der Waals surface area contributed by atoms with Crippen LogP contribution in [0.3, 0.4) is 0 Å². The molecule has 18 heavy (non-hydrogen) atoms. The topological polar surface area (TPSA) is 83.6 Å². The van der Waals surface area contributed by atoms with Gasteiger partial charge in [0, 0.05) is 13.1 Å². The van der Waals surface area contributed by atoms with E-state index in [4.69, 9.17) is 10.2 Å². The molecular weight excluding hydrogens is 259 g/mol. The summed E-state index contributed by atoms with van der Waals surface area (Å²) in [6.07, 6.45) is 1.56. The van der Waals surface area contributed by atoms with Crippen molar-refractivity contribution in [1.82, 2.24) is 0 Å². The minimum Gasteiger partial charge on any atom is -0.395 e. The highest BCUT2D eigenvalue weighted by atomic mass is 32.2. The number of aliphatic hydroxyl groups is 1. The molecule has 0 saturated heterocycles. The van der Waals surface area contributed by atoms with Gasteiger partial charge in [-0.3, -0.25) is 0 Å². The molecule has 0 aromatic heterocycles. The number of aliphatic hydroxyl groups excluding tert-OH is 1. The van der Waals surface area contributed by atoms with Crippen molar-refractivity contribution in [2.24, 2.45) is 5.14 Å². The fourth-order valence-corrected chi connectivity index (χ4v) is 2.03. The summed E-state index contributed by atoms with van der Waals surface area (Å²) < 4.78 is 35.9. The van der Waals surface area contributed by atoms with Crippen LogP contribution in [0.2, 0.25) is 0 Å². The maximum Gasteiger partial charge on any atom is 0.238 e. The number of halogens is 1. The highest BCUT2D eigenvalue weighted by Crippen LogP contribution is 2.22. The van der Waals surface area contributed by atoms with Crippen molar-refractivity contribution in [3.8, 4) is 0 Å². The van der Waals surface area contributed by atoms with Gasteiger partial charge in [0.25, 0.3) is 0 Å². The van der Waals surface area contributed by atoms with E-state index >= 15 is 0 Å². The fraction of sp³-hybridized carbons (Fsp3) is 0.273. The first-order valence-corrected chi connectivity index (χ1v) is 6.74. The van der Waals surface area contributed by atoms with Gasteiger partial charge >= 0.3 is 0 Å². The van der Waals surface area contributed by atoms with Gasteiger partial charge in [-0.05, 0) is 18.2 Å². The third-order valence-corrected chi connectivity index (χ3v) is 3.22. The van der Waals surface area contributed by atoms with E-state index in [1.54, 1.807) is 6.08 Å². The summed E-state index contributed by atoms with van der Waals surface area (Å²) in [6.45, 7) is 3.94. The molecule has 0 amide bonds. The zero-order valence-electron chi connectivity index (χ0n) is 9.71. The molecule has 0 bridgehead atoms. The molecule has 0 spiro atoms. The second-order valence-corrected chi connectivity index (χ2v) is 5.18. The zero-order valence-corrected chi connectivity index (χ0v) is 10.5. The maximum absolute atomic E-state index is 13.8. The molecule has 0 atom stereocenters. The van der Waals surface area contributed by atoms with E-state index < -0.39 is 15.8 Å². The van der Waals surface area contributed by atoms with E-state index in [9.17, 15) is 12.8 Å². The predicted molar refractivity (Wildman–Crippen MR) is 67.3 cm³/mol. The van der Waals surface area contributed by atoms with E-state index in [0.717, 1.165) is 6.07 Å². The number of benzene rings is 1. The Balaban J connectivity index is 3.14. The van der Waals surface area contributed by atoms with Crippen molar-refractivity contribution >= 4 is 15.7 Å². The van der Waals surface area contributed by atoms with Gasteiger partial charge in [0.15, 0.2) is 0 Å². The first-order valence-electron chi connectivity index (χ1n) is 5.19. The van der Waals surface area contributed by atoms with Crippen molar-refractivity contribution in [2.75, 3.05) is 24.6 Å². The van der Waals surface area contributed by atoms with Gasteiger partial charge in [-0.25, -0.2) is 17.9 Å². The summed E-state index contributed by atoms with van der Waals surface area (Å²) in [5, 5.41) is 13.8. The molecule has 0 unspecified atom stereocenters. The third kappa shape index (κ3) is 3.52. The quantitative estimate of drug-likeness (QED) is 0.738. The molecule has 1 rings (SSSR count). The van der Waals surface area contributed by atoms with Gasteiger partial charge < -0.3 is 10.0 Å².